The van der Waals surface area contributed by atoms with E-state index < -0.39 is 5.54 Å². The predicted octanol–water partition coefficient (Wildman–Crippen LogP) is 2.66. The third-order valence-corrected chi connectivity index (χ3v) is 3.56. The molecule has 1 rings (SSSR count). The quantitative estimate of drug-likeness (QED) is 0.517. The van der Waals surface area contributed by atoms with Crippen molar-refractivity contribution >= 4 is 5.97 Å². The van der Waals surface area contributed by atoms with Crippen molar-refractivity contribution in [2.24, 2.45) is 0 Å². The highest BCUT2D eigenvalue weighted by Crippen LogP contribution is 2.23. The Hall–Kier alpha value is -0.610. The lowest BCUT2D eigenvalue weighted by Gasteiger charge is -2.31. The summed E-state index contributed by atoms with van der Waals surface area (Å²) in [5, 5.41) is 3.33. The molecule has 0 bridgehead atoms. The molecule has 0 spiro atoms. The first-order chi connectivity index (χ1) is 8.98. The second-order valence-electron chi connectivity index (χ2n) is 5.88. The van der Waals surface area contributed by atoms with Crippen LogP contribution in [0.4, 0.5) is 0 Å². The summed E-state index contributed by atoms with van der Waals surface area (Å²) in [6.07, 6.45) is 5.77. The van der Waals surface area contributed by atoms with Crippen molar-refractivity contribution in [3.63, 3.8) is 0 Å². The Morgan fingerprint density at radius 3 is 2.58 bits per heavy atom. The summed E-state index contributed by atoms with van der Waals surface area (Å²) in [7, 11) is 0. The van der Waals surface area contributed by atoms with Gasteiger partial charge in [0.15, 0.2) is 0 Å². The summed E-state index contributed by atoms with van der Waals surface area (Å²) in [6, 6.07) is 0.252. The molecular formula is C15H29NO3. The number of carbonyl (C=O) groups excluding carboxylic acids is 1. The van der Waals surface area contributed by atoms with Crippen LogP contribution in [0, 0.1) is 0 Å². The van der Waals surface area contributed by atoms with Crippen molar-refractivity contribution in [3.05, 3.63) is 0 Å². The van der Waals surface area contributed by atoms with Gasteiger partial charge in [-0.15, -0.1) is 0 Å². The van der Waals surface area contributed by atoms with Gasteiger partial charge < -0.3 is 9.47 Å². The number of hydrogen-bond acceptors (Lipinski definition) is 4. The minimum absolute atomic E-state index is 0.160. The van der Waals surface area contributed by atoms with E-state index in [1.807, 2.05) is 27.7 Å². The summed E-state index contributed by atoms with van der Waals surface area (Å²) < 4.78 is 10.9. The van der Waals surface area contributed by atoms with Gasteiger partial charge in [-0.05, 0) is 59.8 Å². The smallest absolute Gasteiger partial charge is 0.326 e. The Bertz CT molecular complexity index is 277. The summed E-state index contributed by atoms with van der Waals surface area (Å²) in [5.74, 6) is -0.160. The molecule has 19 heavy (non-hydrogen) atoms. The Labute approximate surface area is 117 Å². The van der Waals surface area contributed by atoms with E-state index in [0.29, 0.717) is 12.7 Å². The molecule has 1 N–H and O–H groups in total. The second-order valence-corrected chi connectivity index (χ2v) is 5.88. The van der Waals surface area contributed by atoms with E-state index in [-0.39, 0.29) is 12.0 Å². The van der Waals surface area contributed by atoms with Gasteiger partial charge in [-0.1, -0.05) is 0 Å². The molecule has 4 heteroatoms. The van der Waals surface area contributed by atoms with Gasteiger partial charge in [-0.3, -0.25) is 10.1 Å². The molecule has 1 aliphatic carbocycles. The number of carbonyl (C=O) groups is 1. The first-order valence-corrected chi connectivity index (χ1v) is 7.54. The molecule has 112 valence electrons. The van der Waals surface area contributed by atoms with Crippen molar-refractivity contribution in [3.8, 4) is 0 Å². The van der Waals surface area contributed by atoms with Crippen LogP contribution in [0.25, 0.3) is 0 Å². The second kappa shape index (κ2) is 7.85. The Morgan fingerprint density at radius 1 is 1.42 bits per heavy atom. The minimum atomic E-state index is -0.604. The lowest BCUT2D eigenvalue weighted by Crippen LogP contribution is -2.53. The van der Waals surface area contributed by atoms with Crippen molar-refractivity contribution in [2.75, 3.05) is 13.2 Å². The molecule has 0 amide bonds. The third kappa shape index (κ3) is 5.49. The van der Waals surface area contributed by atoms with Gasteiger partial charge in [0.25, 0.3) is 0 Å². The van der Waals surface area contributed by atoms with Gasteiger partial charge in [0.1, 0.15) is 5.54 Å². The van der Waals surface area contributed by atoms with Crippen LogP contribution in [0.15, 0.2) is 0 Å². The largest absolute Gasteiger partial charge is 0.465 e. The molecule has 1 fully saturated rings. The van der Waals surface area contributed by atoms with Crippen LogP contribution in [-0.4, -0.2) is 36.9 Å². The number of hydrogen-bond donors (Lipinski definition) is 1. The van der Waals surface area contributed by atoms with Gasteiger partial charge in [0.2, 0.25) is 0 Å². The number of nitrogens with one attached hydrogen (secondary N) is 1. The monoisotopic (exact) mass is 271 g/mol. The highest BCUT2D eigenvalue weighted by atomic mass is 16.5. The van der Waals surface area contributed by atoms with Crippen LogP contribution < -0.4 is 5.32 Å². The molecular weight excluding hydrogens is 242 g/mol. The fourth-order valence-electron chi connectivity index (χ4n) is 2.37. The average molecular weight is 271 g/mol. The van der Waals surface area contributed by atoms with Gasteiger partial charge in [0, 0.05) is 12.6 Å². The van der Waals surface area contributed by atoms with Crippen molar-refractivity contribution in [2.45, 2.75) is 77.5 Å². The maximum absolute atomic E-state index is 12.1. The summed E-state index contributed by atoms with van der Waals surface area (Å²) in [6.45, 7) is 9.01. The molecule has 0 radical (unpaired) electrons. The normalized spacial score (nSPS) is 19.0. The molecule has 1 saturated carbocycles. The molecule has 1 aliphatic rings. The van der Waals surface area contributed by atoms with E-state index in [1.165, 1.54) is 19.3 Å². The third-order valence-electron chi connectivity index (χ3n) is 3.56. The topological polar surface area (TPSA) is 47.6 Å². The van der Waals surface area contributed by atoms with Gasteiger partial charge in [-0.25, -0.2) is 0 Å². The van der Waals surface area contributed by atoms with Gasteiger partial charge in [0.05, 0.1) is 12.7 Å². The van der Waals surface area contributed by atoms with E-state index in [1.54, 1.807) is 0 Å². The molecule has 4 nitrogen and oxygen atoms in total. The van der Waals surface area contributed by atoms with Gasteiger partial charge in [-0.2, -0.15) is 0 Å². The zero-order chi connectivity index (χ0) is 14.3. The fourth-order valence-corrected chi connectivity index (χ4v) is 2.37. The van der Waals surface area contributed by atoms with Crippen LogP contribution in [0.5, 0.6) is 0 Å². The summed E-state index contributed by atoms with van der Waals surface area (Å²) in [4.78, 5) is 12.1. The van der Waals surface area contributed by atoms with Crippen molar-refractivity contribution in [1.29, 1.82) is 0 Å². The highest BCUT2D eigenvalue weighted by molar-refractivity contribution is 5.80. The van der Waals surface area contributed by atoms with E-state index in [2.05, 4.69) is 5.32 Å². The lowest BCUT2D eigenvalue weighted by atomic mass is 9.94. The van der Waals surface area contributed by atoms with E-state index in [9.17, 15) is 4.79 Å². The van der Waals surface area contributed by atoms with E-state index in [4.69, 9.17) is 9.47 Å². The Kier molecular flexibility index (Phi) is 6.80. The van der Waals surface area contributed by atoms with Crippen molar-refractivity contribution < 1.29 is 14.3 Å². The van der Waals surface area contributed by atoms with Crippen LogP contribution in [0.3, 0.4) is 0 Å². The first-order valence-electron chi connectivity index (χ1n) is 7.54. The number of esters is 1. The fraction of sp³-hybridized carbons (Fsp3) is 0.933. The van der Waals surface area contributed by atoms with Crippen LogP contribution in [0.2, 0.25) is 0 Å². The van der Waals surface area contributed by atoms with E-state index >= 15 is 0 Å². The van der Waals surface area contributed by atoms with E-state index in [0.717, 1.165) is 19.4 Å². The van der Waals surface area contributed by atoms with Crippen LogP contribution >= 0.6 is 0 Å². The molecule has 0 aromatic heterocycles. The maximum Gasteiger partial charge on any atom is 0.326 e. The summed E-state index contributed by atoms with van der Waals surface area (Å²) >= 11 is 0. The number of ether oxygens (including phenoxy) is 2. The SMILES string of the molecule is CCOC(=O)C(C)(CCCOC1CCC1)NC(C)C. The maximum atomic E-state index is 12.1. The predicted molar refractivity (Wildman–Crippen MR) is 76.1 cm³/mol. The molecule has 1 unspecified atom stereocenters. The molecule has 1 atom stereocenters. The average Bonchev–Trinajstić information content (AvgIpc) is 2.25. The van der Waals surface area contributed by atoms with Crippen molar-refractivity contribution in [1.82, 2.24) is 5.32 Å². The molecule has 0 aliphatic heterocycles. The standard InChI is InChI=1S/C15H29NO3/c1-5-18-14(17)15(4,16-12(2)3)10-7-11-19-13-8-6-9-13/h12-13,16H,5-11H2,1-4H3. The first kappa shape index (κ1) is 16.4. The Balaban J connectivity index is 2.36. The van der Waals surface area contributed by atoms with Crippen LogP contribution in [0.1, 0.15) is 59.8 Å². The number of rotatable bonds is 9. The zero-order valence-corrected chi connectivity index (χ0v) is 12.8. The zero-order valence-electron chi connectivity index (χ0n) is 12.8. The lowest BCUT2D eigenvalue weighted by molar-refractivity contribution is -0.151. The molecule has 0 heterocycles. The molecule has 0 saturated heterocycles. The Morgan fingerprint density at radius 2 is 2.11 bits per heavy atom. The molecule has 0 aromatic carbocycles. The van der Waals surface area contributed by atoms with Gasteiger partial charge >= 0.3 is 5.97 Å². The summed E-state index contributed by atoms with van der Waals surface area (Å²) in [5.41, 5.74) is -0.604. The van der Waals surface area contributed by atoms with Crippen LogP contribution in [-0.2, 0) is 14.3 Å². The highest BCUT2D eigenvalue weighted by Gasteiger charge is 2.34. The minimum Gasteiger partial charge on any atom is -0.465 e. The molecule has 0 aromatic rings.